The summed E-state index contributed by atoms with van der Waals surface area (Å²) in [4.78, 5) is 14.6. The Balaban J connectivity index is 1.80. The average Bonchev–Trinajstić information content (AvgIpc) is 2.64. The first-order valence-electron chi connectivity index (χ1n) is 8.45. The predicted molar refractivity (Wildman–Crippen MR) is 115 cm³/mol. The summed E-state index contributed by atoms with van der Waals surface area (Å²) in [6, 6.07) is 11.5. The van der Waals surface area contributed by atoms with E-state index in [2.05, 4.69) is 20.9 Å². The highest BCUT2D eigenvalue weighted by atomic mass is 79.9. The molecular weight excluding hydrogens is 468 g/mol. The fourth-order valence-electron chi connectivity index (χ4n) is 2.91. The Labute approximate surface area is 178 Å². The number of fused-ring (bicyclic) bond motifs is 1. The molecular formula is C19H17BrClN2O4S-. The van der Waals surface area contributed by atoms with Crippen LogP contribution in [0.3, 0.4) is 0 Å². The van der Waals surface area contributed by atoms with Crippen molar-refractivity contribution in [2.24, 2.45) is 0 Å². The second kappa shape index (κ2) is 9.09. The smallest absolute Gasteiger partial charge is 0.255 e. The normalized spacial score (nSPS) is 13.3. The minimum Gasteiger partial charge on any atom is -0.755 e. The van der Waals surface area contributed by atoms with Gasteiger partial charge in [0, 0.05) is 45.7 Å². The molecule has 148 valence electrons. The molecule has 0 aliphatic heterocycles. The van der Waals surface area contributed by atoms with Crippen LogP contribution in [0, 0.1) is 0 Å². The van der Waals surface area contributed by atoms with Crippen LogP contribution >= 0.6 is 27.5 Å². The topological polar surface area (TPSA) is 85.5 Å². The summed E-state index contributed by atoms with van der Waals surface area (Å²) >= 11 is 6.79. The van der Waals surface area contributed by atoms with Gasteiger partial charge in [-0.1, -0.05) is 17.7 Å². The number of rotatable bonds is 7. The molecule has 0 amide bonds. The molecule has 28 heavy (non-hydrogen) atoms. The minimum atomic E-state index is -2.51. The zero-order valence-electron chi connectivity index (χ0n) is 14.9. The van der Waals surface area contributed by atoms with Crippen LogP contribution in [-0.4, -0.2) is 26.4 Å². The molecule has 2 atom stereocenters. The van der Waals surface area contributed by atoms with Crippen molar-refractivity contribution in [3.8, 4) is 5.75 Å². The number of benzene rings is 2. The van der Waals surface area contributed by atoms with E-state index in [1.165, 1.54) is 10.5 Å². The summed E-state index contributed by atoms with van der Waals surface area (Å²) in [6.45, 7) is 2.10. The van der Waals surface area contributed by atoms with Gasteiger partial charge >= 0.3 is 0 Å². The molecule has 2 aromatic carbocycles. The van der Waals surface area contributed by atoms with E-state index >= 15 is 0 Å². The number of aromatic amines is 1. The number of ether oxygens (including phenoxy) is 1. The monoisotopic (exact) mass is 483 g/mol. The Morgan fingerprint density at radius 2 is 2.07 bits per heavy atom. The van der Waals surface area contributed by atoms with E-state index in [9.17, 15) is 13.6 Å². The maximum absolute atomic E-state index is 12.0. The molecule has 0 aliphatic rings. The third-order valence-corrected chi connectivity index (χ3v) is 6.01. The molecule has 0 fully saturated rings. The summed E-state index contributed by atoms with van der Waals surface area (Å²) in [5.41, 5.74) is 0.191. The van der Waals surface area contributed by atoms with Crippen molar-refractivity contribution in [2.45, 2.75) is 19.4 Å². The minimum absolute atomic E-state index is 0.264. The van der Waals surface area contributed by atoms with Crippen molar-refractivity contribution < 1.29 is 13.5 Å². The summed E-state index contributed by atoms with van der Waals surface area (Å²) in [7, 11) is 0. The number of nitrogens with zero attached hydrogens (tertiary/aromatic N) is 1. The van der Waals surface area contributed by atoms with E-state index in [-0.39, 0.29) is 11.6 Å². The number of H-pyrrole nitrogens is 1. The molecule has 0 spiro atoms. The maximum atomic E-state index is 12.0. The number of hydrogen-bond acceptors (Lipinski definition) is 4. The van der Waals surface area contributed by atoms with Crippen LogP contribution in [0.25, 0.3) is 10.8 Å². The maximum Gasteiger partial charge on any atom is 0.255 e. The van der Waals surface area contributed by atoms with Gasteiger partial charge in [-0.15, -0.1) is 0 Å². The Hall–Kier alpha value is -1.87. The van der Waals surface area contributed by atoms with E-state index < -0.39 is 11.3 Å². The molecule has 6 nitrogen and oxygen atoms in total. The van der Waals surface area contributed by atoms with Crippen molar-refractivity contribution in [1.82, 2.24) is 4.98 Å². The standard InChI is InChI=1S/C19H18BrClN2O4S/c1-12(8-10-27-18-6-5-13(21)11-16(18)20)23(28(25)26)17-4-2-3-15-14(17)7-9-22-19(15)24/h2-7,9,11-12H,8,10H2,1H3,(H,22,24)(H,25,26)/p-1. The Morgan fingerprint density at radius 3 is 2.79 bits per heavy atom. The third kappa shape index (κ3) is 4.57. The summed E-state index contributed by atoms with van der Waals surface area (Å²) in [6.07, 6.45) is 1.95. The molecule has 1 heterocycles. The lowest BCUT2D eigenvalue weighted by Crippen LogP contribution is -2.36. The highest BCUT2D eigenvalue weighted by Gasteiger charge is 2.19. The lowest BCUT2D eigenvalue weighted by Gasteiger charge is -2.33. The predicted octanol–water partition coefficient (Wildman–Crippen LogP) is 4.40. The quantitative estimate of drug-likeness (QED) is 0.504. The Morgan fingerprint density at radius 1 is 1.29 bits per heavy atom. The molecule has 3 rings (SSSR count). The van der Waals surface area contributed by atoms with Gasteiger partial charge in [0.05, 0.1) is 16.8 Å². The third-order valence-electron chi connectivity index (χ3n) is 4.28. The van der Waals surface area contributed by atoms with Crippen molar-refractivity contribution in [3.05, 3.63) is 68.5 Å². The zero-order valence-corrected chi connectivity index (χ0v) is 18.0. The number of nitrogens with one attached hydrogen (secondary N) is 1. The molecule has 0 bridgehead atoms. The van der Waals surface area contributed by atoms with E-state index in [0.29, 0.717) is 40.3 Å². The molecule has 0 saturated heterocycles. The first-order valence-corrected chi connectivity index (χ1v) is 10.7. The number of halogens is 2. The first-order chi connectivity index (χ1) is 13.4. The van der Waals surface area contributed by atoms with Gasteiger partial charge in [0.25, 0.3) is 5.56 Å². The van der Waals surface area contributed by atoms with Crippen molar-refractivity contribution in [3.63, 3.8) is 0 Å². The second-order valence-electron chi connectivity index (χ2n) is 6.15. The molecule has 0 aliphatic carbocycles. The van der Waals surface area contributed by atoms with Crippen LogP contribution in [0.5, 0.6) is 5.75 Å². The lowest BCUT2D eigenvalue weighted by atomic mass is 10.1. The van der Waals surface area contributed by atoms with Gasteiger partial charge in [0.15, 0.2) is 0 Å². The van der Waals surface area contributed by atoms with Crippen LogP contribution in [0.4, 0.5) is 5.69 Å². The van der Waals surface area contributed by atoms with Crippen LogP contribution in [0.2, 0.25) is 5.02 Å². The molecule has 2 unspecified atom stereocenters. The molecule has 1 aromatic heterocycles. The average molecular weight is 485 g/mol. The van der Waals surface area contributed by atoms with Crippen LogP contribution in [-0.2, 0) is 11.3 Å². The summed E-state index contributed by atoms with van der Waals surface area (Å²) in [5, 5.41) is 1.60. The van der Waals surface area contributed by atoms with Gasteiger partial charge in [0.2, 0.25) is 0 Å². The summed E-state index contributed by atoms with van der Waals surface area (Å²) < 4.78 is 31.7. The number of aromatic nitrogens is 1. The first kappa shape index (κ1) is 20.9. The van der Waals surface area contributed by atoms with Crippen LogP contribution in [0.1, 0.15) is 13.3 Å². The van der Waals surface area contributed by atoms with Crippen molar-refractivity contribution >= 4 is 55.3 Å². The number of anilines is 1. The Bertz CT molecular complexity index is 1080. The van der Waals surface area contributed by atoms with Gasteiger partial charge in [-0.05, 0) is 59.3 Å². The molecule has 1 N–H and O–H groups in total. The van der Waals surface area contributed by atoms with Gasteiger partial charge in [-0.25, -0.2) is 0 Å². The van der Waals surface area contributed by atoms with E-state index in [4.69, 9.17) is 16.3 Å². The summed E-state index contributed by atoms with van der Waals surface area (Å²) in [5.74, 6) is 0.628. The highest BCUT2D eigenvalue weighted by Crippen LogP contribution is 2.30. The van der Waals surface area contributed by atoms with E-state index in [0.717, 1.165) is 4.47 Å². The lowest BCUT2D eigenvalue weighted by molar-refractivity contribution is 0.299. The molecule has 3 aromatic rings. The second-order valence-corrected chi connectivity index (χ2v) is 8.27. The number of pyridine rings is 1. The van der Waals surface area contributed by atoms with Crippen LogP contribution in [0.15, 0.2) is 57.9 Å². The molecule has 9 heteroatoms. The van der Waals surface area contributed by atoms with Gasteiger partial charge in [-0.2, -0.15) is 0 Å². The fraction of sp³-hybridized carbons (Fsp3) is 0.211. The van der Waals surface area contributed by atoms with Gasteiger partial charge in [-0.3, -0.25) is 13.3 Å². The van der Waals surface area contributed by atoms with Crippen LogP contribution < -0.4 is 14.6 Å². The molecule has 0 radical (unpaired) electrons. The van der Waals surface area contributed by atoms with Gasteiger partial charge < -0.3 is 14.3 Å². The van der Waals surface area contributed by atoms with Crippen molar-refractivity contribution in [1.29, 1.82) is 0 Å². The van der Waals surface area contributed by atoms with E-state index in [1.807, 2.05) is 0 Å². The zero-order chi connectivity index (χ0) is 20.3. The Kier molecular flexibility index (Phi) is 6.77. The SMILES string of the molecule is CC(CCOc1ccc(Cl)cc1Br)N(c1cccc2c(=O)[nH]ccc12)S(=O)[O-]. The highest BCUT2D eigenvalue weighted by molar-refractivity contribution is 9.10. The van der Waals surface area contributed by atoms with E-state index in [1.54, 1.807) is 49.4 Å². The van der Waals surface area contributed by atoms with Gasteiger partial charge in [0.1, 0.15) is 5.75 Å². The number of hydrogen-bond donors (Lipinski definition) is 1. The fourth-order valence-corrected chi connectivity index (χ4v) is 4.43. The molecule has 0 saturated carbocycles. The van der Waals surface area contributed by atoms with Crippen molar-refractivity contribution in [2.75, 3.05) is 10.9 Å². The largest absolute Gasteiger partial charge is 0.755 e.